The van der Waals surface area contributed by atoms with Crippen molar-refractivity contribution in [3.05, 3.63) is 88.7 Å². The summed E-state index contributed by atoms with van der Waals surface area (Å²) in [4.78, 5) is 0. The summed E-state index contributed by atoms with van der Waals surface area (Å²) in [5.74, 6) is 0.521. The van der Waals surface area contributed by atoms with Crippen molar-refractivity contribution < 1.29 is 0 Å². The van der Waals surface area contributed by atoms with Crippen LogP contribution in [-0.4, -0.2) is 0 Å². The maximum absolute atomic E-state index is 6.25. The van der Waals surface area contributed by atoms with E-state index in [4.69, 9.17) is 11.5 Å². The minimum Gasteiger partial charge on any atom is -0.404 e. The zero-order valence-electron chi connectivity index (χ0n) is 21.3. The number of rotatable bonds is 14. The Hall–Kier alpha value is -2.32. The van der Waals surface area contributed by atoms with Gasteiger partial charge >= 0.3 is 0 Å². The molecule has 0 fully saturated rings. The first-order valence-corrected chi connectivity index (χ1v) is 12.1. The van der Waals surface area contributed by atoms with E-state index in [9.17, 15) is 0 Å². The number of hydrogen-bond acceptors (Lipinski definition) is 2. The summed E-state index contributed by atoms with van der Waals surface area (Å²) in [5.41, 5.74) is 22.7. The quantitative estimate of drug-likeness (QED) is 0.178. The Kier molecular flexibility index (Phi) is 12.1. The van der Waals surface area contributed by atoms with E-state index in [1.165, 1.54) is 52.7 Å². The summed E-state index contributed by atoms with van der Waals surface area (Å²) in [6.45, 7) is 23.7. The van der Waals surface area contributed by atoms with Crippen molar-refractivity contribution in [1.29, 1.82) is 0 Å². The van der Waals surface area contributed by atoms with E-state index in [0.29, 0.717) is 12.5 Å². The zero-order chi connectivity index (χ0) is 24.3. The highest BCUT2D eigenvalue weighted by Gasteiger charge is 2.14. The van der Waals surface area contributed by atoms with Crippen LogP contribution in [0, 0.1) is 5.92 Å². The smallest absolute Gasteiger partial charge is 0.0184 e. The highest BCUT2D eigenvalue weighted by atomic mass is 14.5. The molecule has 32 heavy (non-hydrogen) atoms. The Morgan fingerprint density at radius 1 is 1.00 bits per heavy atom. The number of nitrogens with two attached hydrogens (primary N) is 2. The fourth-order valence-corrected chi connectivity index (χ4v) is 4.19. The summed E-state index contributed by atoms with van der Waals surface area (Å²) < 4.78 is 0. The Morgan fingerprint density at radius 3 is 2.19 bits per heavy atom. The highest BCUT2D eigenvalue weighted by molar-refractivity contribution is 5.74. The van der Waals surface area contributed by atoms with Gasteiger partial charge in [-0.15, -0.1) is 6.58 Å². The Bertz CT molecular complexity index is 865. The van der Waals surface area contributed by atoms with Gasteiger partial charge < -0.3 is 11.5 Å². The zero-order valence-corrected chi connectivity index (χ0v) is 21.3. The third kappa shape index (κ3) is 8.67. The van der Waals surface area contributed by atoms with Gasteiger partial charge in [-0.25, -0.2) is 0 Å². The third-order valence-electron chi connectivity index (χ3n) is 5.87. The van der Waals surface area contributed by atoms with Gasteiger partial charge in [0.2, 0.25) is 0 Å². The maximum atomic E-state index is 6.25. The second-order valence-electron chi connectivity index (χ2n) is 9.51. The third-order valence-corrected chi connectivity index (χ3v) is 5.87. The van der Waals surface area contributed by atoms with Crippen LogP contribution in [0.4, 0.5) is 0 Å². The van der Waals surface area contributed by atoms with Crippen molar-refractivity contribution in [2.45, 2.75) is 86.1 Å². The molecule has 0 radical (unpaired) electrons. The molecular formula is C30H46N2. The molecule has 0 amide bonds. The second-order valence-corrected chi connectivity index (χ2v) is 9.51. The highest BCUT2D eigenvalue weighted by Crippen LogP contribution is 2.32. The van der Waals surface area contributed by atoms with E-state index in [0.717, 1.165) is 42.4 Å². The van der Waals surface area contributed by atoms with Crippen molar-refractivity contribution in [2.75, 3.05) is 0 Å². The lowest BCUT2D eigenvalue weighted by Crippen LogP contribution is -2.07. The minimum absolute atomic E-state index is 0.521. The molecule has 1 rings (SSSR count). The van der Waals surface area contributed by atoms with Gasteiger partial charge in [0.15, 0.2) is 0 Å². The Balaban J connectivity index is 3.32. The summed E-state index contributed by atoms with van der Waals surface area (Å²) in [6.07, 6.45) is 11.7. The molecule has 0 atom stereocenters. The molecule has 0 bridgehead atoms. The Morgan fingerprint density at radius 2 is 1.69 bits per heavy atom. The summed E-state index contributed by atoms with van der Waals surface area (Å²) in [5, 5.41) is 0. The molecule has 176 valence electrons. The topological polar surface area (TPSA) is 52.0 Å². The molecule has 0 aliphatic carbocycles. The lowest BCUT2D eigenvalue weighted by molar-refractivity contribution is 0.670. The van der Waals surface area contributed by atoms with E-state index in [1.807, 2.05) is 6.92 Å². The van der Waals surface area contributed by atoms with E-state index in [1.54, 1.807) is 6.20 Å². The average Bonchev–Trinajstić information content (AvgIpc) is 2.72. The van der Waals surface area contributed by atoms with Crippen molar-refractivity contribution in [2.24, 2.45) is 17.4 Å². The lowest BCUT2D eigenvalue weighted by atomic mass is 9.86. The molecule has 1 aromatic rings. The van der Waals surface area contributed by atoms with E-state index in [-0.39, 0.29) is 0 Å². The normalized spacial score (nSPS) is 12.3. The van der Waals surface area contributed by atoms with Gasteiger partial charge in [-0.05, 0) is 103 Å². The largest absolute Gasteiger partial charge is 0.404 e. The molecule has 0 unspecified atom stereocenters. The number of hydrogen-bond donors (Lipinski definition) is 2. The summed E-state index contributed by atoms with van der Waals surface area (Å²) >= 11 is 0. The first-order valence-electron chi connectivity index (χ1n) is 12.1. The molecule has 0 aromatic heterocycles. The van der Waals surface area contributed by atoms with Gasteiger partial charge in [-0.1, -0.05) is 64.1 Å². The monoisotopic (exact) mass is 434 g/mol. The van der Waals surface area contributed by atoms with Gasteiger partial charge in [0.25, 0.3) is 0 Å². The molecule has 2 heteroatoms. The second kappa shape index (κ2) is 14.0. The van der Waals surface area contributed by atoms with E-state index >= 15 is 0 Å². The molecule has 0 aliphatic rings. The number of unbranched alkanes of at least 4 members (excludes halogenated alkanes) is 2. The summed E-state index contributed by atoms with van der Waals surface area (Å²) in [6, 6.07) is 4.72. The molecule has 1 aromatic carbocycles. The number of benzene rings is 1. The van der Waals surface area contributed by atoms with Crippen LogP contribution in [0.15, 0.2) is 66.4 Å². The average molecular weight is 435 g/mol. The van der Waals surface area contributed by atoms with E-state index in [2.05, 4.69) is 65.6 Å². The maximum Gasteiger partial charge on any atom is 0.0184 e. The number of allylic oxidation sites excluding steroid dienone is 6. The van der Waals surface area contributed by atoms with Gasteiger partial charge in [-0.3, -0.25) is 0 Å². The van der Waals surface area contributed by atoms with Crippen LogP contribution in [0.2, 0.25) is 0 Å². The first-order chi connectivity index (χ1) is 15.1. The van der Waals surface area contributed by atoms with Crippen LogP contribution in [0.1, 0.15) is 89.0 Å². The molecule has 0 spiro atoms. The lowest BCUT2D eigenvalue weighted by Gasteiger charge is -2.20. The first kappa shape index (κ1) is 27.7. The van der Waals surface area contributed by atoms with Gasteiger partial charge in [-0.2, -0.15) is 0 Å². The van der Waals surface area contributed by atoms with Crippen LogP contribution in [0.3, 0.4) is 0 Å². The van der Waals surface area contributed by atoms with Gasteiger partial charge in [0.05, 0.1) is 0 Å². The number of aryl methyl sites for hydroxylation is 2. The minimum atomic E-state index is 0.521. The molecule has 0 saturated heterocycles. The molecular weight excluding hydrogens is 388 g/mol. The molecule has 0 heterocycles. The fourth-order valence-electron chi connectivity index (χ4n) is 4.19. The predicted octanol–water partition coefficient (Wildman–Crippen LogP) is 7.79. The van der Waals surface area contributed by atoms with Gasteiger partial charge in [0, 0.05) is 12.7 Å². The van der Waals surface area contributed by atoms with Crippen LogP contribution in [0.5, 0.6) is 0 Å². The van der Waals surface area contributed by atoms with Crippen molar-refractivity contribution in [3.8, 4) is 0 Å². The van der Waals surface area contributed by atoms with Crippen LogP contribution >= 0.6 is 0 Å². The van der Waals surface area contributed by atoms with Crippen molar-refractivity contribution >= 4 is 5.57 Å². The molecule has 0 aliphatic heterocycles. The summed E-state index contributed by atoms with van der Waals surface area (Å²) in [7, 11) is 0. The van der Waals surface area contributed by atoms with Crippen molar-refractivity contribution in [1.82, 2.24) is 0 Å². The fraction of sp³-hybridized carbons (Fsp3) is 0.467. The van der Waals surface area contributed by atoms with Crippen LogP contribution < -0.4 is 11.5 Å². The van der Waals surface area contributed by atoms with E-state index < -0.39 is 0 Å². The van der Waals surface area contributed by atoms with Gasteiger partial charge in [0.1, 0.15) is 0 Å². The standard InChI is InChI=1S/C30H46N2/c1-9-25-18-29(27(15-22(4)5)16-24(8)30(20-32)23(6)7)28(19-31)17-26(25)14-12-10-11-13-21(2)3/h16-18,20,22H,2,6,8-15,19,31-32H2,1,3-5,7H3/b27-16+,30-20-. The molecule has 4 N–H and O–H groups in total. The van der Waals surface area contributed by atoms with Crippen molar-refractivity contribution in [3.63, 3.8) is 0 Å². The van der Waals surface area contributed by atoms with Crippen LogP contribution in [-0.2, 0) is 19.4 Å². The predicted molar refractivity (Wildman–Crippen MR) is 144 cm³/mol. The Labute approximate surface area is 197 Å². The van der Waals surface area contributed by atoms with Crippen LogP contribution in [0.25, 0.3) is 5.57 Å². The molecule has 0 saturated carbocycles. The molecule has 2 nitrogen and oxygen atoms in total. The SMILES string of the molecule is C=C(C)CCCCCc1cc(CN)c(/C(=C/C(=C)/C(=C\N)C(=C)C)CC(C)C)cc1CC.